The van der Waals surface area contributed by atoms with Crippen LogP contribution in [-0.4, -0.2) is 43.5 Å². The van der Waals surface area contributed by atoms with Gasteiger partial charge in [0.25, 0.3) is 0 Å². The number of benzene rings is 2. The molecule has 0 spiro atoms. The maximum Gasteiger partial charge on any atom is 0.234 e. The smallest absolute Gasteiger partial charge is 0.234 e. The number of carbonyl (C=O) groups excluding carboxylic acids is 1. The van der Waals surface area contributed by atoms with Gasteiger partial charge in [0.1, 0.15) is 5.82 Å². The van der Waals surface area contributed by atoms with Crippen molar-refractivity contribution in [2.75, 3.05) is 37.6 Å². The Labute approximate surface area is 166 Å². The zero-order valence-corrected chi connectivity index (χ0v) is 16.4. The standard InChI is InChI=1S/C23H28FN3O/c1-17-2-4-18(5-3-17)23(19-6-7-19)25-22(28)16-26-12-14-27(15-13-26)21-10-8-20(24)9-11-21/h2-5,8-11,19,23H,6-7,12-16H2,1H3,(H,25,28). The molecule has 0 aromatic heterocycles. The lowest BCUT2D eigenvalue weighted by Gasteiger charge is -2.36. The summed E-state index contributed by atoms with van der Waals surface area (Å²) in [4.78, 5) is 17.1. The number of carbonyl (C=O) groups is 1. The highest BCUT2D eigenvalue weighted by Crippen LogP contribution is 2.41. The van der Waals surface area contributed by atoms with Gasteiger partial charge in [0, 0.05) is 31.9 Å². The number of anilines is 1. The van der Waals surface area contributed by atoms with Gasteiger partial charge in [-0.05, 0) is 55.5 Å². The van der Waals surface area contributed by atoms with Crippen LogP contribution in [0, 0.1) is 18.7 Å². The van der Waals surface area contributed by atoms with Crippen molar-refractivity contribution in [3.05, 3.63) is 65.5 Å². The molecule has 0 radical (unpaired) electrons. The van der Waals surface area contributed by atoms with Gasteiger partial charge in [-0.3, -0.25) is 9.69 Å². The summed E-state index contributed by atoms with van der Waals surface area (Å²) in [5, 5.41) is 3.28. The van der Waals surface area contributed by atoms with Gasteiger partial charge in [0.15, 0.2) is 0 Å². The minimum Gasteiger partial charge on any atom is -0.369 e. The first-order valence-corrected chi connectivity index (χ1v) is 10.2. The van der Waals surface area contributed by atoms with Gasteiger partial charge in [-0.2, -0.15) is 0 Å². The molecule has 2 fully saturated rings. The molecule has 1 atom stereocenters. The Balaban J connectivity index is 1.29. The summed E-state index contributed by atoms with van der Waals surface area (Å²) in [6.07, 6.45) is 2.38. The minimum atomic E-state index is -0.210. The van der Waals surface area contributed by atoms with Gasteiger partial charge in [-0.15, -0.1) is 0 Å². The van der Waals surface area contributed by atoms with Crippen LogP contribution in [0.2, 0.25) is 0 Å². The van der Waals surface area contributed by atoms with Gasteiger partial charge in [0.2, 0.25) is 5.91 Å². The maximum atomic E-state index is 13.1. The molecule has 1 saturated heterocycles. The Morgan fingerprint density at radius 2 is 1.68 bits per heavy atom. The Hall–Kier alpha value is -2.40. The predicted octanol–water partition coefficient (Wildman–Crippen LogP) is 3.52. The Morgan fingerprint density at radius 1 is 1.04 bits per heavy atom. The first-order chi connectivity index (χ1) is 13.6. The van der Waals surface area contributed by atoms with Crippen LogP contribution in [0.1, 0.15) is 30.0 Å². The fraction of sp³-hybridized carbons (Fsp3) is 0.435. The number of amides is 1. The lowest BCUT2D eigenvalue weighted by molar-refractivity contribution is -0.123. The molecular formula is C23H28FN3O. The second-order valence-electron chi connectivity index (χ2n) is 8.03. The monoisotopic (exact) mass is 381 g/mol. The van der Waals surface area contributed by atoms with E-state index in [1.165, 1.54) is 36.1 Å². The van der Waals surface area contributed by atoms with Crippen molar-refractivity contribution in [2.24, 2.45) is 5.92 Å². The second kappa shape index (κ2) is 8.31. The number of hydrogen-bond donors (Lipinski definition) is 1. The van der Waals surface area contributed by atoms with Crippen LogP contribution in [0.15, 0.2) is 48.5 Å². The molecule has 1 aliphatic carbocycles. The molecule has 1 heterocycles. The van der Waals surface area contributed by atoms with Crippen LogP contribution in [0.25, 0.3) is 0 Å². The van der Waals surface area contributed by atoms with E-state index in [0.717, 1.165) is 31.9 Å². The third-order valence-electron chi connectivity index (χ3n) is 5.78. The molecule has 2 aliphatic rings. The predicted molar refractivity (Wildman–Crippen MR) is 110 cm³/mol. The van der Waals surface area contributed by atoms with Crippen molar-refractivity contribution in [2.45, 2.75) is 25.8 Å². The topological polar surface area (TPSA) is 35.6 Å². The van der Waals surface area contributed by atoms with Crippen molar-refractivity contribution in [3.63, 3.8) is 0 Å². The van der Waals surface area contributed by atoms with Crippen molar-refractivity contribution in [3.8, 4) is 0 Å². The van der Waals surface area contributed by atoms with Crippen LogP contribution in [-0.2, 0) is 4.79 Å². The average Bonchev–Trinajstić information content (AvgIpc) is 3.53. The quantitative estimate of drug-likeness (QED) is 0.832. The molecule has 1 saturated carbocycles. The SMILES string of the molecule is Cc1ccc(C(NC(=O)CN2CCN(c3ccc(F)cc3)CC2)C2CC2)cc1. The lowest BCUT2D eigenvalue weighted by atomic mass is 10.0. The van der Waals surface area contributed by atoms with Crippen LogP contribution >= 0.6 is 0 Å². The highest BCUT2D eigenvalue weighted by molar-refractivity contribution is 5.78. The van der Waals surface area contributed by atoms with Crippen LogP contribution in [0.3, 0.4) is 0 Å². The van der Waals surface area contributed by atoms with Crippen molar-refractivity contribution < 1.29 is 9.18 Å². The molecule has 2 aromatic rings. The fourth-order valence-corrected chi connectivity index (χ4v) is 3.91. The highest BCUT2D eigenvalue weighted by Gasteiger charge is 2.33. The Morgan fingerprint density at radius 3 is 2.29 bits per heavy atom. The molecule has 1 N–H and O–H groups in total. The van der Waals surface area contributed by atoms with Crippen molar-refractivity contribution in [1.82, 2.24) is 10.2 Å². The summed E-state index contributed by atoms with van der Waals surface area (Å²) in [6, 6.07) is 15.3. The van der Waals surface area contributed by atoms with Gasteiger partial charge in [-0.25, -0.2) is 4.39 Å². The maximum absolute atomic E-state index is 13.1. The summed E-state index contributed by atoms with van der Waals surface area (Å²) in [7, 11) is 0. The van der Waals surface area contributed by atoms with Gasteiger partial charge < -0.3 is 10.2 Å². The second-order valence-corrected chi connectivity index (χ2v) is 8.03. The van der Waals surface area contributed by atoms with E-state index in [0.29, 0.717) is 12.5 Å². The zero-order valence-electron chi connectivity index (χ0n) is 16.4. The number of hydrogen-bond acceptors (Lipinski definition) is 3. The molecule has 0 bridgehead atoms. The summed E-state index contributed by atoms with van der Waals surface area (Å²) >= 11 is 0. The highest BCUT2D eigenvalue weighted by atomic mass is 19.1. The molecule has 1 amide bonds. The number of nitrogens with one attached hydrogen (secondary N) is 1. The van der Waals surface area contributed by atoms with Crippen LogP contribution in [0.5, 0.6) is 0 Å². The van der Waals surface area contributed by atoms with Crippen molar-refractivity contribution >= 4 is 11.6 Å². The molecular weight excluding hydrogens is 353 g/mol. The number of halogens is 1. The first kappa shape index (κ1) is 18.9. The largest absolute Gasteiger partial charge is 0.369 e. The molecule has 28 heavy (non-hydrogen) atoms. The van der Waals surface area contributed by atoms with Gasteiger partial charge >= 0.3 is 0 Å². The molecule has 4 rings (SSSR count). The molecule has 5 heteroatoms. The summed E-state index contributed by atoms with van der Waals surface area (Å²) < 4.78 is 13.1. The lowest BCUT2D eigenvalue weighted by Crippen LogP contribution is -2.50. The third-order valence-corrected chi connectivity index (χ3v) is 5.78. The van der Waals surface area contributed by atoms with E-state index < -0.39 is 0 Å². The minimum absolute atomic E-state index is 0.104. The fourth-order valence-electron chi connectivity index (χ4n) is 3.91. The van der Waals surface area contributed by atoms with E-state index in [2.05, 4.69) is 46.3 Å². The van der Waals surface area contributed by atoms with Crippen molar-refractivity contribution in [1.29, 1.82) is 0 Å². The third kappa shape index (κ3) is 4.71. The van der Waals surface area contributed by atoms with Gasteiger partial charge in [-0.1, -0.05) is 29.8 Å². The summed E-state index contributed by atoms with van der Waals surface area (Å²) in [5.74, 6) is 0.465. The zero-order chi connectivity index (χ0) is 19.5. The van der Waals surface area contributed by atoms with E-state index >= 15 is 0 Å². The number of nitrogens with zero attached hydrogens (tertiary/aromatic N) is 2. The van der Waals surface area contributed by atoms with Crippen LogP contribution in [0.4, 0.5) is 10.1 Å². The molecule has 4 nitrogen and oxygen atoms in total. The van der Waals surface area contributed by atoms with E-state index in [1.54, 1.807) is 0 Å². The van der Waals surface area contributed by atoms with E-state index in [4.69, 9.17) is 0 Å². The molecule has 2 aromatic carbocycles. The normalized spacial score (nSPS) is 18.7. The molecule has 1 unspecified atom stereocenters. The average molecular weight is 381 g/mol. The number of aryl methyl sites for hydroxylation is 1. The number of rotatable bonds is 6. The van der Waals surface area contributed by atoms with E-state index in [1.807, 2.05) is 12.1 Å². The van der Waals surface area contributed by atoms with E-state index in [9.17, 15) is 9.18 Å². The van der Waals surface area contributed by atoms with E-state index in [-0.39, 0.29) is 17.8 Å². The Bertz CT molecular complexity index is 794. The van der Waals surface area contributed by atoms with Gasteiger partial charge in [0.05, 0.1) is 12.6 Å². The summed E-state index contributed by atoms with van der Waals surface area (Å²) in [6.45, 7) is 5.89. The Kier molecular flexibility index (Phi) is 5.62. The van der Waals surface area contributed by atoms with Crippen LogP contribution < -0.4 is 10.2 Å². The number of piperazine rings is 1. The molecule has 1 aliphatic heterocycles. The first-order valence-electron chi connectivity index (χ1n) is 10.2. The molecule has 148 valence electrons. The summed E-state index contributed by atoms with van der Waals surface area (Å²) in [5.41, 5.74) is 3.49.